The molecule has 1 unspecified atom stereocenters. The van der Waals surface area contributed by atoms with Crippen LogP contribution in [0.5, 0.6) is 0 Å². The number of rotatable bonds is 3. The molecule has 1 atom stereocenters. The van der Waals surface area contributed by atoms with Crippen molar-refractivity contribution in [2.75, 3.05) is 6.54 Å². The number of nitrogens with two attached hydrogens (primary N) is 1. The lowest BCUT2D eigenvalue weighted by molar-refractivity contribution is 0.101. The van der Waals surface area contributed by atoms with E-state index in [1.165, 1.54) is 12.5 Å². The summed E-state index contributed by atoms with van der Waals surface area (Å²) in [4.78, 5) is 11.4. The highest BCUT2D eigenvalue weighted by Gasteiger charge is 2.19. The Hall–Kier alpha value is -1.12. The van der Waals surface area contributed by atoms with Crippen molar-refractivity contribution in [3.05, 3.63) is 39.9 Å². The van der Waals surface area contributed by atoms with Crippen molar-refractivity contribution in [1.29, 1.82) is 0 Å². The molecular formula is C13H14ClNO. The fraction of sp³-hybridized carbons (Fsp3) is 0.308. The van der Waals surface area contributed by atoms with Gasteiger partial charge in [-0.25, -0.2) is 0 Å². The van der Waals surface area contributed by atoms with Crippen LogP contribution in [-0.2, 0) is 0 Å². The average molecular weight is 236 g/mol. The zero-order valence-electron chi connectivity index (χ0n) is 9.16. The summed E-state index contributed by atoms with van der Waals surface area (Å²) in [6.45, 7) is 2.18. The van der Waals surface area contributed by atoms with E-state index in [1.54, 1.807) is 0 Å². The van der Waals surface area contributed by atoms with Gasteiger partial charge < -0.3 is 5.73 Å². The van der Waals surface area contributed by atoms with Gasteiger partial charge in [-0.3, -0.25) is 4.79 Å². The van der Waals surface area contributed by atoms with Crippen LogP contribution < -0.4 is 5.73 Å². The van der Waals surface area contributed by atoms with Crippen LogP contribution in [0.4, 0.5) is 0 Å². The Morgan fingerprint density at radius 2 is 2.25 bits per heavy atom. The highest BCUT2D eigenvalue weighted by molar-refractivity contribution is 6.34. The molecule has 1 aromatic rings. The summed E-state index contributed by atoms with van der Waals surface area (Å²) >= 11 is 6.05. The van der Waals surface area contributed by atoms with Gasteiger partial charge in [0.25, 0.3) is 0 Å². The molecule has 2 nitrogen and oxygen atoms in total. The summed E-state index contributed by atoms with van der Waals surface area (Å²) in [5, 5.41) is 0.532. The predicted molar refractivity (Wildman–Crippen MR) is 66.9 cm³/mol. The maximum absolute atomic E-state index is 11.4. The number of ketones is 1. The summed E-state index contributed by atoms with van der Waals surface area (Å²) < 4.78 is 0. The van der Waals surface area contributed by atoms with Gasteiger partial charge in [0, 0.05) is 11.5 Å². The van der Waals surface area contributed by atoms with E-state index in [9.17, 15) is 4.79 Å². The smallest absolute Gasteiger partial charge is 0.161 e. The van der Waals surface area contributed by atoms with Crippen LogP contribution in [0.3, 0.4) is 0 Å². The molecule has 1 aromatic carbocycles. The summed E-state index contributed by atoms with van der Waals surface area (Å²) in [5.41, 5.74) is 8.44. The number of halogens is 1. The Bertz CT molecular complexity index is 465. The normalized spacial score (nSPS) is 17.6. The minimum atomic E-state index is 0.00574. The quantitative estimate of drug-likeness (QED) is 0.819. The van der Waals surface area contributed by atoms with Gasteiger partial charge in [0.2, 0.25) is 0 Å². The second-order valence-corrected chi connectivity index (χ2v) is 4.47. The fourth-order valence-corrected chi connectivity index (χ4v) is 2.40. The topological polar surface area (TPSA) is 43.1 Å². The first-order valence-corrected chi connectivity index (χ1v) is 5.74. The van der Waals surface area contributed by atoms with Gasteiger partial charge in [0.15, 0.2) is 5.78 Å². The first-order chi connectivity index (χ1) is 7.63. The molecule has 1 aliphatic carbocycles. The molecule has 0 heterocycles. The summed E-state index contributed by atoms with van der Waals surface area (Å²) in [5.74, 6) is 0.335. The number of allylic oxidation sites excluding steroid dienone is 1. The molecule has 2 rings (SSSR count). The van der Waals surface area contributed by atoms with E-state index in [1.807, 2.05) is 18.2 Å². The summed E-state index contributed by atoms with van der Waals surface area (Å²) in [7, 11) is 0. The first-order valence-electron chi connectivity index (χ1n) is 5.36. The standard InChI is InChI=1S/C13H14ClNO/c1-8(16)11-7-12-9(4-5-15)2-3-10(12)6-13(11)14/h2-3,6-7,9H,4-5,15H2,1H3. The van der Waals surface area contributed by atoms with E-state index in [2.05, 4.69) is 6.08 Å². The zero-order valence-corrected chi connectivity index (χ0v) is 9.92. The molecule has 2 N–H and O–H groups in total. The van der Waals surface area contributed by atoms with Crippen LogP contribution >= 0.6 is 11.6 Å². The monoisotopic (exact) mass is 235 g/mol. The predicted octanol–water partition coefficient (Wildman–Crippen LogP) is 3.00. The SMILES string of the molecule is CC(=O)c1cc2c(cc1Cl)C=CC2CCN. The number of carbonyl (C=O) groups excluding carboxylic acids is 1. The third-order valence-corrected chi connectivity index (χ3v) is 3.25. The van der Waals surface area contributed by atoms with Gasteiger partial charge >= 0.3 is 0 Å². The van der Waals surface area contributed by atoms with Crippen LogP contribution in [0.25, 0.3) is 6.08 Å². The van der Waals surface area contributed by atoms with Crippen LogP contribution in [0, 0.1) is 0 Å². The summed E-state index contributed by atoms with van der Waals surface area (Å²) in [6.07, 6.45) is 5.08. The highest BCUT2D eigenvalue weighted by atomic mass is 35.5. The third kappa shape index (κ3) is 1.91. The maximum atomic E-state index is 11.4. The number of hydrogen-bond donors (Lipinski definition) is 1. The van der Waals surface area contributed by atoms with Gasteiger partial charge in [-0.05, 0) is 43.1 Å². The second kappa shape index (κ2) is 4.40. The molecule has 1 aliphatic rings. The maximum Gasteiger partial charge on any atom is 0.161 e. The largest absolute Gasteiger partial charge is 0.330 e. The van der Waals surface area contributed by atoms with Crippen LogP contribution in [0.15, 0.2) is 18.2 Å². The number of benzene rings is 1. The molecular weight excluding hydrogens is 222 g/mol. The van der Waals surface area contributed by atoms with Crippen molar-refractivity contribution >= 4 is 23.5 Å². The lowest BCUT2D eigenvalue weighted by Gasteiger charge is -2.11. The van der Waals surface area contributed by atoms with Crippen LogP contribution in [-0.4, -0.2) is 12.3 Å². The van der Waals surface area contributed by atoms with Crippen molar-refractivity contribution < 1.29 is 4.79 Å². The molecule has 0 fully saturated rings. The molecule has 16 heavy (non-hydrogen) atoms. The number of fused-ring (bicyclic) bond motifs is 1. The Balaban J connectivity index is 2.45. The lowest BCUT2D eigenvalue weighted by atomic mass is 9.95. The Morgan fingerprint density at radius 3 is 2.88 bits per heavy atom. The second-order valence-electron chi connectivity index (χ2n) is 4.06. The molecule has 0 aliphatic heterocycles. The number of hydrogen-bond acceptors (Lipinski definition) is 2. The van der Waals surface area contributed by atoms with E-state index in [0.717, 1.165) is 12.0 Å². The van der Waals surface area contributed by atoms with E-state index in [4.69, 9.17) is 17.3 Å². The first kappa shape index (κ1) is 11.4. The van der Waals surface area contributed by atoms with Gasteiger partial charge in [0.05, 0.1) is 5.02 Å². The van der Waals surface area contributed by atoms with Crippen molar-refractivity contribution in [1.82, 2.24) is 0 Å². The van der Waals surface area contributed by atoms with E-state index in [0.29, 0.717) is 23.0 Å². The van der Waals surface area contributed by atoms with Crippen LogP contribution in [0.2, 0.25) is 5.02 Å². The minimum Gasteiger partial charge on any atom is -0.330 e. The molecule has 0 saturated carbocycles. The molecule has 0 radical (unpaired) electrons. The zero-order chi connectivity index (χ0) is 11.7. The van der Waals surface area contributed by atoms with Crippen molar-refractivity contribution in [3.63, 3.8) is 0 Å². The van der Waals surface area contributed by atoms with Crippen LogP contribution in [0.1, 0.15) is 40.7 Å². The molecule has 0 bridgehead atoms. The number of carbonyl (C=O) groups is 1. The molecule has 0 spiro atoms. The van der Waals surface area contributed by atoms with Gasteiger partial charge in [-0.15, -0.1) is 0 Å². The Kier molecular flexibility index (Phi) is 3.13. The average Bonchev–Trinajstić information content (AvgIpc) is 2.60. The van der Waals surface area contributed by atoms with Gasteiger partial charge in [-0.1, -0.05) is 23.8 Å². The molecule has 0 amide bonds. The number of Topliss-reactive ketones (excluding diaryl/α,β-unsaturated/α-hetero) is 1. The third-order valence-electron chi connectivity index (χ3n) is 2.94. The summed E-state index contributed by atoms with van der Waals surface area (Å²) in [6, 6.07) is 3.76. The molecule has 3 heteroatoms. The van der Waals surface area contributed by atoms with E-state index in [-0.39, 0.29) is 5.78 Å². The highest BCUT2D eigenvalue weighted by Crippen LogP contribution is 2.35. The fourth-order valence-electron chi connectivity index (χ4n) is 2.10. The molecule has 0 aromatic heterocycles. The van der Waals surface area contributed by atoms with E-state index < -0.39 is 0 Å². The van der Waals surface area contributed by atoms with Crippen molar-refractivity contribution in [3.8, 4) is 0 Å². The van der Waals surface area contributed by atoms with Crippen molar-refractivity contribution in [2.24, 2.45) is 5.73 Å². The minimum absolute atomic E-state index is 0.00574. The Morgan fingerprint density at radius 1 is 1.50 bits per heavy atom. The molecule has 0 saturated heterocycles. The van der Waals surface area contributed by atoms with E-state index >= 15 is 0 Å². The lowest BCUT2D eigenvalue weighted by Crippen LogP contribution is -2.05. The van der Waals surface area contributed by atoms with Gasteiger partial charge in [-0.2, -0.15) is 0 Å². The Labute approximate surface area is 100 Å². The molecule has 84 valence electrons. The van der Waals surface area contributed by atoms with Gasteiger partial charge in [0.1, 0.15) is 0 Å². The van der Waals surface area contributed by atoms with Crippen molar-refractivity contribution in [2.45, 2.75) is 19.3 Å².